The van der Waals surface area contributed by atoms with Crippen molar-refractivity contribution in [3.63, 3.8) is 0 Å². The number of hydrogen-bond donors (Lipinski definition) is 1. The lowest BCUT2D eigenvalue weighted by molar-refractivity contribution is 0.0474. The SMILES string of the molecule is CNCC1CCN(Cc2ccco2)CC1(C)C. The molecule has 0 amide bonds. The summed E-state index contributed by atoms with van der Waals surface area (Å²) in [6, 6.07) is 4.03. The molecular formula is C14H24N2O. The van der Waals surface area contributed by atoms with Gasteiger partial charge in [0, 0.05) is 6.54 Å². The van der Waals surface area contributed by atoms with E-state index >= 15 is 0 Å². The highest BCUT2D eigenvalue weighted by atomic mass is 16.3. The Morgan fingerprint density at radius 2 is 2.35 bits per heavy atom. The van der Waals surface area contributed by atoms with Crippen LogP contribution in [0, 0.1) is 11.3 Å². The van der Waals surface area contributed by atoms with Crippen LogP contribution in [-0.4, -0.2) is 31.6 Å². The molecule has 1 atom stereocenters. The van der Waals surface area contributed by atoms with E-state index in [1.165, 1.54) is 13.0 Å². The molecule has 1 aromatic heterocycles. The zero-order valence-corrected chi connectivity index (χ0v) is 11.2. The molecule has 0 aliphatic carbocycles. The Bertz CT molecular complexity index is 332. The van der Waals surface area contributed by atoms with Crippen LogP contribution in [0.1, 0.15) is 26.0 Å². The number of nitrogens with one attached hydrogen (secondary N) is 1. The predicted octanol–water partition coefficient (Wildman–Crippen LogP) is 2.35. The van der Waals surface area contributed by atoms with Gasteiger partial charge in [0.05, 0.1) is 12.8 Å². The summed E-state index contributed by atoms with van der Waals surface area (Å²) >= 11 is 0. The summed E-state index contributed by atoms with van der Waals surface area (Å²) in [5.41, 5.74) is 0.383. The van der Waals surface area contributed by atoms with Crippen molar-refractivity contribution in [1.29, 1.82) is 0 Å². The number of rotatable bonds is 4. The minimum Gasteiger partial charge on any atom is -0.468 e. The van der Waals surface area contributed by atoms with Gasteiger partial charge in [-0.2, -0.15) is 0 Å². The van der Waals surface area contributed by atoms with Gasteiger partial charge in [-0.1, -0.05) is 13.8 Å². The standard InChI is InChI=1S/C14H24N2O/c1-14(2)11-16(7-6-12(14)9-15-3)10-13-5-4-8-17-13/h4-5,8,12,15H,6-7,9-11H2,1-3H3. The summed E-state index contributed by atoms with van der Waals surface area (Å²) in [6.07, 6.45) is 3.03. The molecule has 0 bridgehead atoms. The normalized spacial score (nSPS) is 25.0. The van der Waals surface area contributed by atoms with E-state index in [0.717, 1.165) is 31.3 Å². The lowest BCUT2D eigenvalue weighted by Crippen LogP contribution is -2.47. The first-order chi connectivity index (χ1) is 8.12. The minimum atomic E-state index is 0.383. The third kappa shape index (κ3) is 3.11. The second-order valence-corrected chi connectivity index (χ2v) is 5.82. The highest BCUT2D eigenvalue weighted by Crippen LogP contribution is 2.34. The molecule has 3 heteroatoms. The van der Waals surface area contributed by atoms with Crippen molar-refractivity contribution in [3.05, 3.63) is 24.2 Å². The summed E-state index contributed by atoms with van der Waals surface area (Å²) in [6.45, 7) is 9.16. The van der Waals surface area contributed by atoms with E-state index in [4.69, 9.17) is 4.42 Å². The van der Waals surface area contributed by atoms with E-state index < -0.39 is 0 Å². The number of likely N-dealkylation sites (tertiary alicyclic amines) is 1. The fourth-order valence-corrected chi connectivity index (χ4v) is 2.90. The molecule has 1 unspecified atom stereocenters. The first kappa shape index (κ1) is 12.7. The molecule has 1 aliphatic rings. The Morgan fingerprint density at radius 3 is 2.94 bits per heavy atom. The fourth-order valence-electron chi connectivity index (χ4n) is 2.90. The van der Waals surface area contributed by atoms with Crippen LogP contribution in [0.5, 0.6) is 0 Å². The molecule has 3 nitrogen and oxygen atoms in total. The summed E-state index contributed by atoms with van der Waals surface area (Å²) in [4.78, 5) is 2.50. The molecule has 0 radical (unpaired) electrons. The molecule has 1 aliphatic heterocycles. The molecule has 0 saturated carbocycles. The Labute approximate surface area is 104 Å². The number of furan rings is 1. The van der Waals surface area contributed by atoms with Gasteiger partial charge in [0.25, 0.3) is 0 Å². The number of piperidine rings is 1. The molecule has 0 spiro atoms. The van der Waals surface area contributed by atoms with Crippen LogP contribution in [0.15, 0.2) is 22.8 Å². The van der Waals surface area contributed by atoms with Gasteiger partial charge in [0.1, 0.15) is 5.76 Å². The van der Waals surface area contributed by atoms with E-state index in [1.807, 2.05) is 13.1 Å². The summed E-state index contributed by atoms with van der Waals surface area (Å²) < 4.78 is 5.42. The van der Waals surface area contributed by atoms with Gasteiger partial charge < -0.3 is 9.73 Å². The van der Waals surface area contributed by atoms with Crippen molar-refractivity contribution in [2.45, 2.75) is 26.8 Å². The van der Waals surface area contributed by atoms with Gasteiger partial charge >= 0.3 is 0 Å². The molecule has 96 valence electrons. The van der Waals surface area contributed by atoms with Crippen LogP contribution in [0.4, 0.5) is 0 Å². The van der Waals surface area contributed by atoms with Crippen molar-refractivity contribution in [2.75, 3.05) is 26.7 Å². The average molecular weight is 236 g/mol. The number of nitrogens with zero attached hydrogens (tertiary/aromatic N) is 1. The van der Waals surface area contributed by atoms with Crippen molar-refractivity contribution in [3.8, 4) is 0 Å². The highest BCUT2D eigenvalue weighted by Gasteiger charge is 2.35. The maximum absolute atomic E-state index is 5.42. The van der Waals surface area contributed by atoms with Gasteiger partial charge in [-0.3, -0.25) is 4.90 Å². The van der Waals surface area contributed by atoms with Crippen molar-refractivity contribution < 1.29 is 4.42 Å². The molecule has 1 aromatic rings. The second kappa shape index (κ2) is 5.23. The zero-order valence-electron chi connectivity index (χ0n) is 11.2. The van der Waals surface area contributed by atoms with Gasteiger partial charge in [0.15, 0.2) is 0 Å². The molecule has 0 aromatic carbocycles. The van der Waals surface area contributed by atoms with Crippen LogP contribution >= 0.6 is 0 Å². The van der Waals surface area contributed by atoms with E-state index in [2.05, 4.69) is 30.1 Å². The van der Waals surface area contributed by atoms with Crippen LogP contribution in [0.3, 0.4) is 0 Å². The lowest BCUT2D eigenvalue weighted by atomic mass is 9.74. The Morgan fingerprint density at radius 1 is 1.53 bits per heavy atom. The summed E-state index contributed by atoms with van der Waals surface area (Å²) in [5.74, 6) is 1.85. The van der Waals surface area contributed by atoms with E-state index in [1.54, 1.807) is 6.26 Å². The molecule has 1 saturated heterocycles. The second-order valence-electron chi connectivity index (χ2n) is 5.82. The Hall–Kier alpha value is -0.800. The third-order valence-electron chi connectivity index (χ3n) is 3.94. The summed E-state index contributed by atoms with van der Waals surface area (Å²) in [7, 11) is 2.05. The lowest BCUT2D eigenvalue weighted by Gasteiger charge is -2.44. The van der Waals surface area contributed by atoms with Gasteiger partial charge in [0.2, 0.25) is 0 Å². The Kier molecular flexibility index (Phi) is 3.89. The van der Waals surface area contributed by atoms with Gasteiger partial charge in [-0.25, -0.2) is 0 Å². The maximum atomic E-state index is 5.42. The molecule has 17 heavy (non-hydrogen) atoms. The van der Waals surface area contributed by atoms with Crippen molar-refractivity contribution >= 4 is 0 Å². The monoisotopic (exact) mass is 236 g/mol. The smallest absolute Gasteiger partial charge is 0.117 e. The minimum absolute atomic E-state index is 0.383. The van der Waals surface area contributed by atoms with Gasteiger partial charge in [-0.05, 0) is 50.0 Å². The maximum Gasteiger partial charge on any atom is 0.117 e. The molecule has 1 fully saturated rings. The molecular weight excluding hydrogens is 212 g/mol. The molecule has 2 rings (SSSR count). The topological polar surface area (TPSA) is 28.4 Å². The van der Waals surface area contributed by atoms with Crippen LogP contribution in [0.2, 0.25) is 0 Å². The first-order valence-electron chi connectivity index (χ1n) is 6.51. The van der Waals surface area contributed by atoms with Crippen LogP contribution in [-0.2, 0) is 6.54 Å². The Balaban J connectivity index is 1.92. The average Bonchev–Trinajstić information content (AvgIpc) is 2.74. The summed E-state index contributed by atoms with van der Waals surface area (Å²) in [5, 5.41) is 3.32. The quantitative estimate of drug-likeness (QED) is 0.870. The van der Waals surface area contributed by atoms with Crippen LogP contribution < -0.4 is 5.32 Å². The highest BCUT2D eigenvalue weighted by molar-refractivity contribution is 4.99. The van der Waals surface area contributed by atoms with E-state index in [-0.39, 0.29) is 0 Å². The van der Waals surface area contributed by atoms with Crippen molar-refractivity contribution in [2.24, 2.45) is 11.3 Å². The predicted molar refractivity (Wildman–Crippen MR) is 69.8 cm³/mol. The zero-order chi connectivity index (χ0) is 12.3. The van der Waals surface area contributed by atoms with E-state index in [0.29, 0.717) is 5.41 Å². The third-order valence-corrected chi connectivity index (χ3v) is 3.94. The van der Waals surface area contributed by atoms with E-state index in [9.17, 15) is 0 Å². The van der Waals surface area contributed by atoms with Crippen LogP contribution in [0.25, 0.3) is 0 Å². The largest absolute Gasteiger partial charge is 0.468 e. The van der Waals surface area contributed by atoms with Gasteiger partial charge in [-0.15, -0.1) is 0 Å². The number of hydrogen-bond acceptors (Lipinski definition) is 3. The molecule has 1 N–H and O–H groups in total. The molecule has 2 heterocycles. The fraction of sp³-hybridized carbons (Fsp3) is 0.714. The first-order valence-corrected chi connectivity index (χ1v) is 6.51. The van der Waals surface area contributed by atoms with Crippen molar-refractivity contribution in [1.82, 2.24) is 10.2 Å².